The molecule has 19 heavy (non-hydrogen) atoms. The number of rotatable bonds is 5. The van der Waals surface area contributed by atoms with Crippen molar-refractivity contribution < 1.29 is 9.84 Å². The topological polar surface area (TPSA) is 32.7 Å². The molecule has 0 aromatic heterocycles. The molecule has 102 valence electrons. The molecule has 0 radical (unpaired) electrons. The van der Waals surface area contributed by atoms with Crippen molar-refractivity contribution in [3.05, 3.63) is 48.0 Å². The van der Waals surface area contributed by atoms with Gasteiger partial charge in [-0.2, -0.15) is 0 Å². The first-order valence-electron chi connectivity index (χ1n) is 6.49. The van der Waals surface area contributed by atoms with Crippen molar-refractivity contribution >= 4 is 10.8 Å². The van der Waals surface area contributed by atoms with Gasteiger partial charge in [0.1, 0.15) is 0 Å². The van der Waals surface area contributed by atoms with Crippen LogP contribution in [0.1, 0.15) is 12.5 Å². The molecule has 1 atom stereocenters. The maximum Gasteiger partial charge on any atom is 0.189 e. The van der Waals surface area contributed by atoms with Gasteiger partial charge in [-0.15, -0.1) is 0 Å². The van der Waals surface area contributed by atoms with E-state index < -0.39 is 5.79 Å². The lowest BCUT2D eigenvalue weighted by atomic mass is 10.0. The molecule has 1 unspecified atom stereocenters. The largest absolute Gasteiger partial charge is 0.362 e. The Morgan fingerprint density at radius 3 is 2.47 bits per heavy atom. The highest BCUT2D eigenvalue weighted by Crippen LogP contribution is 2.25. The van der Waals surface area contributed by atoms with Crippen LogP contribution in [-0.2, 0) is 10.5 Å². The normalized spacial score (nSPS) is 14.8. The molecule has 2 aromatic rings. The quantitative estimate of drug-likeness (QED) is 0.838. The monoisotopic (exact) mass is 259 g/mol. The van der Waals surface area contributed by atoms with Crippen LogP contribution in [0.3, 0.4) is 0 Å². The zero-order valence-electron chi connectivity index (χ0n) is 11.8. The van der Waals surface area contributed by atoms with E-state index in [-0.39, 0.29) is 0 Å². The molecular weight excluding hydrogens is 238 g/mol. The van der Waals surface area contributed by atoms with Gasteiger partial charge in [-0.3, -0.25) is 0 Å². The predicted molar refractivity (Wildman–Crippen MR) is 78.0 cm³/mol. The first kappa shape index (κ1) is 14.0. The van der Waals surface area contributed by atoms with Crippen molar-refractivity contribution in [1.29, 1.82) is 0 Å². The van der Waals surface area contributed by atoms with Crippen LogP contribution >= 0.6 is 0 Å². The number of benzene rings is 2. The molecule has 0 amide bonds. The molecule has 1 N–H and O–H groups in total. The third kappa shape index (κ3) is 3.53. The highest BCUT2D eigenvalue weighted by Gasteiger charge is 2.23. The Morgan fingerprint density at radius 2 is 1.79 bits per heavy atom. The molecule has 3 nitrogen and oxygen atoms in total. The zero-order chi connectivity index (χ0) is 13.9. The summed E-state index contributed by atoms with van der Waals surface area (Å²) in [7, 11) is 3.96. The highest BCUT2D eigenvalue weighted by molar-refractivity contribution is 5.83. The summed E-state index contributed by atoms with van der Waals surface area (Å²) in [5.74, 6) is -1.25. The maximum atomic E-state index is 10.4. The minimum atomic E-state index is -1.25. The lowest BCUT2D eigenvalue weighted by Gasteiger charge is -2.25. The average molecular weight is 259 g/mol. The van der Waals surface area contributed by atoms with Gasteiger partial charge in [-0.05, 0) is 37.9 Å². The Morgan fingerprint density at radius 1 is 1.11 bits per heavy atom. The fourth-order valence-electron chi connectivity index (χ4n) is 1.99. The Hall–Kier alpha value is -1.42. The van der Waals surface area contributed by atoms with E-state index in [0.29, 0.717) is 6.61 Å². The molecule has 0 saturated carbocycles. The minimum absolute atomic E-state index is 0.493. The SMILES string of the molecule is CN(C)CCOC(C)(O)c1ccc2ccccc2c1. The van der Waals surface area contributed by atoms with Gasteiger partial charge in [0, 0.05) is 12.1 Å². The highest BCUT2D eigenvalue weighted by atomic mass is 16.6. The van der Waals surface area contributed by atoms with Crippen molar-refractivity contribution in [1.82, 2.24) is 4.90 Å². The average Bonchev–Trinajstić information content (AvgIpc) is 2.37. The molecule has 0 aliphatic carbocycles. The molecule has 2 aromatic carbocycles. The van der Waals surface area contributed by atoms with E-state index in [9.17, 15) is 5.11 Å². The summed E-state index contributed by atoms with van der Waals surface area (Å²) in [5, 5.41) is 12.7. The molecule has 0 aliphatic rings. The van der Waals surface area contributed by atoms with Crippen LogP contribution in [0.15, 0.2) is 42.5 Å². The van der Waals surface area contributed by atoms with E-state index in [1.54, 1.807) is 6.92 Å². The van der Waals surface area contributed by atoms with Crippen molar-refractivity contribution in [2.24, 2.45) is 0 Å². The summed E-state index contributed by atoms with van der Waals surface area (Å²) in [4.78, 5) is 2.02. The Kier molecular flexibility index (Phi) is 4.20. The summed E-state index contributed by atoms with van der Waals surface area (Å²) in [6.07, 6.45) is 0. The number of fused-ring (bicyclic) bond motifs is 1. The van der Waals surface area contributed by atoms with Crippen LogP contribution in [0.4, 0.5) is 0 Å². The van der Waals surface area contributed by atoms with Crippen molar-refractivity contribution in [2.45, 2.75) is 12.7 Å². The van der Waals surface area contributed by atoms with E-state index in [1.807, 2.05) is 55.4 Å². The van der Waals surface area contributed by atoms with Gasteiger partial charge < -0.3 is 14.7 Å². The second-order valence-electron chi connectivity index (χ2n) is 5.20. The summed E-state index contributed by atoms with van der Waals surface area (Å²) in [6, 6.07) is 14.0. The van der Waals surface area contributed by atoms with Gasteiger partial charge in [-0.1, -0.05) is 36.4 Å². The second-order valence-corrected chi connectivity index (χ2v) is 5.20. The van der Waals surface area contributed by atoms with Crippen molar-refractivity contribution in [2.75, 3.05) is 27.2 Å². The number of hydrogen-bond donors (Lipinski definition) is 1. The lowest BCUT2D eigenvalue weighted by Crippen LogP contribution is -2.29. The standard InChI is InChI=1S/C16H21NO2/c1-16(18,19-11-10-17(2)3)15-9-8-13-6-4-5-7-14(13)12-15/h4-9,12,18H,10-11H2,1-3H3. The summed E-state index contributed by atoms with van der Waals surface area (Å²) in [5.41, 5.74) is 0.782. The van der Waals surface area contributed by atoms with Crippen LogP contribution < -0.4 is 0 Å². The fourth-order valence-corrected chi connectivity index (χ4v) is 1.99. The zero-order valence-corrected chi connectivity index (χ0v) is 11.8. The smallest absolute Gasteiger partial charge is 0.189 e. The summed E-state index contributed by atoms with van der Waals surface area (Å²) < 4.78 is 5.59. The maximum absolute atomic E-state index is 10.4. The minimum Gasteiger partial charge on any atom is -0.362 e. The van der Waals surface area contributed by atoms with Gasteiger partial charge in [-0.25, -0.2) is 0 Å². The molecule has 0 fully saturated rings. The van der Waals surface area contributed by atoms with Crippen LogP contribution in [0.25, 0.3) is 10.8 Å². The van der Waals surface area contributed by atoms with Crippen molar-refractivity contribution in [3.8, 4) is 0 Å². The van der Waals surface area contributed by atoms with Crippen LogP contribution in [0.2, 0.25) is 0 Å². The number of nitrogens with zero attached hydrogens (tertiary/aromatic N) is 1. The Labute approximate surface area is 114 Å². The van der Waals surface area contributed by atoms with Gasteiger partial charge in [0.15, 0.2) is 5.79 Å². The molecule has 0 saturated heterocycles. The van der Waals surface area contributed by atoms with Gasteiger partial charge in [0.05, 0.1) is 6.61 Å². The molecule has 0 spiro atoms. The second kappa shape index (κ2) is 5.70. The first-order chi connectivity index (χ1) is 8.99. The molecule has 0 bridgehead atoms. The number of hydrogen-bond acceptors (Lipinski definition) is 3. The van der Waals surface area contributed by atoms with Crippen LogP contribution in [0.5, 0.6) is 0 Å². The van der Waals surface area contributed by atoms with Crippen LogP contribution in [0, 0.1) is 0 Å². The fraction of sp³-hybridized carbons (Fsp3) is 0.375. The molecule has 2 rings (SSSR count). The van der Waals surface area contributed by atoms with E-state index in [2.05, 4.69) is 6.07 Å². The molecule has 0 aliphatic heterocycles. The predicted octanol–water partition coefficient (Wildman–Crippen LogP) is 2.58. The first-order valence-corrected chi connectivity index (χ1v) is 6.49. The lowest BCUT2D eigenvalue weighted by molar-refractivity contribution is -0.199. The van der Waals surface area contributed by atoms with Crippen molar-refractivity contribution in [3.63, 3.8) is 0 Å². The van der Waals surface area contributed by atoms with E-state index in [4.69, 9.17) is 4.74 Å². The van der Waals surface area contributed by atoms with E-state index in [0.717, 1.165) is 22.9 Å². The summed E-state index contributed by atoms with van der Waals surface area (Å²) in [6.45, 7) is 2.96. The van der Waals surface area contributed by atoms with Gasteiger partial charge in [0.25, 0.3) is 0 Å². The third-order valence-electron chi connectivity index (χ3n) is 3.21. The number of likely N-dealkylation sites (N-methyl/N-ethyl adjacent to an activating group) is 1. The number of ether oxygens (including phenoxy) is 1. The molecular formula is C16H21NO2. The number of aliphatic hydroxyl groups is 1. The van der Waals surface area contributed by atoms with Gasteiger partial charge in [0.2, 0.25) is 0 Å². The van der Waals surface area contributed by atoms with Crippen LogP contribution in [-0.4, -0.2) is 37.3 Å². The van der Waals surface area contributed by atoms with Gasteiger partial charge >= 0.3 is 0 Å². The summed E-state index contributed by atoms with van der Waals surface area (Å²) >= 11 is 0. The van der Waals surface area contributed by atoms with E-state index in [1.165, 1.54) is 0 Å². The third-order valence-corrected chi connectivity index (χ3v) is 3.21. The Balaban J connectivity index is 2.17. The van der Waals surface area contributed by atoms with E-state index >= 15 is 0 Å². The molecule has 0 heterocycles. The molecule has 3 heteroatoms. The Bertz CT molecular complexity index is 549.